The van der Waals surface area contributed by atoms with Gasteiger partial charge < -0.3 is 5.32 Å². The van der Waals surface area contributed by atoms with Crippen LogP contribution in [0.1, 0.15) is 23.7 Å². The molecule has 0 saturated heterocycles. The Morgan fingerprint density at radius 3 is 2.81 bits per heavy atom. The minimum Gasteiger partial charge on any atom is -0.386 e. The van der Waals surface area contributed by atoms with E-state index >= 15 is 0 Å². The highest BCUT2D eigenvalue weighted by Crippen LogP contribution is 2.16. The maximum absolute atomic E-state index is 13.6. The topological polar surface area (TPSA) is 37.3 Å². The van der Waals surface area contributed by atoms with Gasteiger partial charge in [-0.05, 0) is 49.1 Å². The zero-order valence-electron chi connectivity index (χ0n) is 13.1. The van der Waals surface area contributed by atoms with Gasteiger partial charge in [0.2, 0.25) is 0 Å². The maximum atomic E-state index is 13.6. The third-order valence-corrected chi connectivity index (χ3v) is 2.94. The summed E-state index contributed by atoms with van der Waals surface area (Å²) in [6, 6.07) is 2.05. The summed E-state index contributed by atoms with van der Waals surface area (Å²) in [6.45, 7) is 7.65. The molecule has 0 aliphatic carbocycles. The summed E-state index contributed by atoms with van der Waals surface area (Å²) >= 11 is 0. The number of halogens is 1. The van der Waals surface area contributed by atoms with Crippen molar-refractivity contribution in [3.8, 4) is 0 Å². The number of hydrogen-bond acceptors (Lipinski definition) is 3. The lowest BCUT2D eigenvalue weighted by atomic mass is 10.0. The van der Waals surface area contributed by atoms with Crippen LogP contribution in [-0.2, 0) is 6.42 Å². The van der Waals surface area contributed by atoms with Crippen molar-refractivity contribution in [2.45, 2.75) is 20.3 Å². The minimum absolute atomic E-state index is 0.295. The molecule has 1 aromatic heterocycles. The van der Waals surface area contributed by atoms with Gasteiger partial charge in [-0.3, -0.25) is 9.98 Å². The van der Waals surface area contributed by atoms with Crippen molar-refractivity contribution >= 4 is 6.21 Å². The summed E-state index contributed by atoms with van der Waals surface area (Å²) in [7, 11) is 3.39. The van der Waals surface area contributed by atoms with Gasteiger partial charge >= 0.3 is 0 Å². The summed E-state index contributed by atoms with van der Waals surface area (Å²) < 4.78 is 13.6. The Kier molecular flexibility index (Phi) is 6.53. The van der Waals surface area contributed by atoms with E-state index in [1.54, 1.807) is 39.5 Å². The number of aromatic nitrogens is 1. The van der Waals surface area contributed by atoms with E-state index in [1.165, 1.54) is 6.08 Å². The fourth-order valence-electron chi connectivity index (χ4n) is 1.94. The molecule has 1 aromatic rings. The first-order valence-electron chi connectivity index (χ1n) is 6.78. The molecule has 0 bridgehead atoms. The first-order valence-corrected chi connectivity index (χ1v) is 6.78. The van der Waals surface area contributed by atoms with Gasteiger partial charge in [0.1, 0.15) is 5.83 Å². The Morgan fingerprint density at radius 2 is 2.24 bits per heavy atom. The van der Waals surface area contributed by atoms with Crippen LogP contribution in [0, 0.1) is 6.92 Å². The highest BCUT2D eigenvalue weighted by Gasteiger charge is 2.06. The summed E-state index contributed by atoms with van der Waals surface area (Å²) in [6.07, 6.45) is 7.25. The summed E-state index contributed by atoms with van der Waals surface area (Å²) in [5, 5.41) is 2.84. The van der Waals surface area contributed by atoms with Gasteiger partial charge in [-0.1, -0.05) is 12.6 Å². The van der Waals surface area contributed by atoms with Crippen molar-refractivity contribution in [1.82, 2.24) is 10.3 Å². The molecule has 3 nitrogen and oxygen atoms in total. The second kappa shape index (κ2) is 8.15. The van der Waals surface area contributed by atoms with Crippen LogP contribution in [0.15, 0.2) is 53.1 Å². The van der Waals surface area contributed by atoms with Crippen molar-refractivity contribution in [2.75, 3.05) is 14.1 Å². The Hall–Kier alpha value is -2.23. The molecule has 1 rings (SSSR count). The van der Waals surface area contributed by atoms with E-state index in [1.807, 2.05) is 13.0 Å². The number of allylic oxidation sites excluding steroid dienone is 4. The number of aliphatic imine (C=N–C) groups is 1. The molecule has 4 heteroatoms. The van der Waals surface area contributed by atoms with E-state index in [0.717, 1.165) is 22.4 Å². The SMILES string of the molecule is C=C(/C=C(NC)\C(F)=C/C)Cc1cc(C)cnc1C=NC. The lowest BCUT2D eigenvalue weighted by Gasteiger charge is -2.09. The quantitative estimate of drug-likeness (QED) is 0.642. The maximum Gasteiger partial charge on any atom is 0.142 e. The van der Waals surface area contributed by atoms with Gasteiger partial charge in [0.05, 0.1) is 11.4 Å². The second-order valence-electron chi connectivity index (χ2n) is 4.72. The average molecular weight is 287 g/mol. The molecule has 0 unspecified atom stereocenters. The summed E-state index contributed by atoms with van der Waals surface area (Å²) in [5.74, 6) is -0.295. The molecular formula is C17H22FN3. The van der Waals surface area contributed by atoms with Gasteiger partial charge in [0, 0.05) is 26.5 Å². The monoisotopic (exact) mass is 287 g/mol. The lowest BCUT2D eigenvalue weighted by Crippen LogP contribution is -2.07. The number of hydrogen-bond donors (Lipinski definition) is 1. The molecule has 0 fully saturated rings. The Labute approximate surface area is 126 Å². The Bertz CT molecular complexity index is 598. The van der Waals surface area contributed by atoms with Crippen molar-refractivity contribution < 1.29 is 4.39 Å². The van der Waals surface area contributed by atoms with E-state index in [0.29, 0.717) is 12.1 Å². The predicted octanol–water partition coefficient (Wildman–Crippen LogP) is 3.51. The molecule has 1 heterocycles. The third kappa shape index (κ3) is 4.99. The smallest absolute Gasteiger partial charge is 0.142 e. The molecule has 0 aliphatic rings. The number of aryl methyl sites for hydroxylation is 1. The number of nitrogens with one attached hydrogen (secondary N) is 1. The number of rotatable bonds is 6. The predicted molar refractivity (Wildman–Crippen MR) is 87.3 cm³/mol. The summed E-state index contributed by atoms with van der Waals surface area (Å²) in [4.78, 5) is 8.37. The van der Waals surface area contributed by atoms with Gasteiger partial charge in [-0.15, -0.1) is 0 Å². The van der Waals surface area contributed by atoms with Crippen LogP contribution in [0.2, 0.25) is 0 Å². The van der Waals surface area contributed by atoms with E-state index in [9.17, 15) is 4.39 Å². The van der Waals surface area contributed by atoms with Gasteiger partial charge in [0.15, 0.2) is 0 Å². The molecule has 0 saturated carbocycles. The van der Waals surface area contributed by atoms with Crippen LogP contribution in [0.4, 0.5) is 4.39 Å². The molecule has 0 atom stereocenters. The molecule has 0 aliphatic heterocycles. The van der Waals surface area contributed by atoms with E-state index < -0.39 is 0 Å². The van der Waals surface area contributed by atoms with Gasteiger partial charge in [-0.2, -0.15) is 0 Å². The Morgan fingerprint density at radius 1 is 1.52 bits per heavy atom. The number of nitrogens with zero attached hydrogens (tertiary/aromatic N) is 2. The lowest BCUT2D eigenvalue weighted by molar-refractivity contribution is 0.631. The molecule has 0 spiro atoms. The van der Waals surface area contributed by atoms with Crippen LogP contribution in [0.3, 0.4) is 0 Å². The first kappa shape index (κ1) is 16.8. The normalized spacial score (nSPS) is 12.8. The summed E-state index contributed by atoms with van der Waals surface area (Å²) in [5.41, 5.74) is 4.14. The number of likely N-dealkylation sites (N-methyl/N-ethyl adjacent to an activating group) is 1. The average Bonchev–Trinajstić information content (AvgIpc) is 2.47. The number of pyridine rings is 1. The van der Waals surface area contributed by atoms with E-state index in [4.69, 9.17) is 0 Å². The van der Waals surface area contributed by atoms with Crippen LogP contribution in [-0.4, -0.2) is 25.3 Å². The van der Waals surface area contributed by atoms with Crippen LogP contribution in [0.25, 0.3) is 0 Å². The molecule has 1 N–H and O–H groups in total. The van der Waals surface area contributed by atoms with Crippen molar-refractivity contribution in [1.29, 1.82) is 0 Å². The fraction of sp³-hybridized carbons (Fsp3) is 0.294. The first-order chi connectivity index (χ1) is 10.0. The van der Waals surface area contributed by atoms with Crippen LogP contribution in [0.5, 0.6) is 0 Å². The molecule has 0 radical (unpaired) electrons. The molecule has 0 aromatic carbocycles. The second-order valence-corrected chi connectivity index (χ2v) is 4.72. The third-order valence-electron chi connectivity index (χ3n) is 2.94. The largest absolute Gasteiger partial charge is 0.386 e. The van der Waals surface area contributed by atoms with E-state index in [2.05, 4.69) is 21.9 Å². The fourth-order valence-corrected chi connectivity index (χ4v) is 1.94. The standard InChI is InChI=1S/C17H22FN3/c1-6-15(18)16(20-5)9-12(2)7-14-8-13(3)10-21-17(14)11-19-4/h6,8-11,20H,2,7H2,1,3-5H3/b15-6+,16-9+,19-11?. The van der Waals surface area contributed by atoms with Crippen molar-refractivity contribution in [2.24, 2.45) is 4.99 Å². The minimum atomic E-state index is -0.295. The molecule has 21 heavy (non-hydrogen) atoms. The zero-order valence-corrected chi connectivity index (χ0v) is 13.1. The van der Waals surface area contributed by atoms with Crippen molar-refractivity contribution in [3.63, 3.8) is 0 Å². The van der Waals surface area contributed by atoms with Gasteiger partial charge in [0.25, 0.3) is 0 Å². The molecular weight excluding hydrogens is 265 g/mol. The van der Waals surface area contributed by atoms with Gasteiger partial charge in [-0.25, -0.2) is 4.39 Å². The molecule has 112 valence electrons. The highest BCUT2D eigenvalue weighted by atomic mass is 19.1. The van der Waals surface area contributed by atoms with E-state index in [-0.39, 0.29) is 5.83 Å². The van der Waals surface area contributed by atoms with Crippen molar-refractivity contribution in [3.05, 3.63) is 64.9 Å². The highest BCUT2D eigenvalue weighted by molar-refractivity contribution is 5.79. The molecule has 0 amide bonds. The van der Waals surface area contributed by atoms with Crippen LogP contribution >= 0.6 is 0 Å². The zero-order chi connectivity index (χ0) is 15.8. The Balaban J connectivity index is 3.03. The van der Waals surface area contributed by atoms with Crippen LogP contribution < -0.4 is 5.32 Å².